The van der Waals surface area contributed by atoms with Crippen molar-refractivity contribution in [3.63, 3.8) is 0 Å². The fourth-order valence-electron chi connectivity index (χ4n) is 1.35. The lowest BCUT2D eigenvalue weighted by Crippen LogP contribution is -2.14. The van der Waals surface area contributed by atoms with Crippen molar-refractivity contribution in [2.24, 2.45) is 7.05 Å². The summed E-state index contributed by atoms with van der Waals surface area (Å²) in [5.41, 5.74) is 6.99. The Balaban J connectivity index is 2.26. The average molecular weight is 271 g/mol. The molecule has 0 saturated carbocycles. The molecule has 2 aromatic heterocycles. The van der Waals surface area contributed by atoms with Crippen molar-refractivity contribution in [2.75, 3.05) is 11.1 Å². The van der Waals surface area contributed by atoms with Gasteiger partial charge in [0.2, 0.25) is 0 Å². The Morgan fingerprint density at radius 3 is 2.82 bits per heavy atom. The predicted octanol–water partition coefficient (Wildman–Crippen LogP) is 2.28. The van der Waals surface area contributed by atoms with Crippen LogP contribution in [0.4, 0.5) is 11.5 Å². The van der Waals surface area contributed by atoms with E-state index in [9.17, 15) is 4.79 Å². The van der Waals surface area contributed by atoms with Gasteiger partial charge in [-0.3, -0.25) is 9.48 Å². The molecule has 2 rings (SSSR count). The number of hydrogen-bond acceptors (Lipinski definition) is 4. The first-order valence-electron chi connectivity index (χ1n) is 4.83. The molecule has 2 aromatic rings. The monoisotopic (exact) mass is 270 g/mol. The maximum Gasteiger partial charge on any atom is 0.268 e. The van der Waals surface area contributed by atoms with E-state index in [0.717, 1.165) is 5.56 Å². The van der Waals surface area contributed by atoms with Crippen molar-refractivity contribution < 1.29 is 4.79 Å². The molecular formula is C10H11ClN4OS. The van der Waals surface area contributed by atoms with Gasteiger partial charge in [0.15, 0.2) is 5.82 Å². The number of aryl methyl sites for hydroxylation is 2. The number of amides is 1. The zero-order chi connectivity index (χ0) is 12.6. The van der Waals surface area contributed by atoms with Gasteiger partial charge in [-0.05, 0) is 17.9 Å². The lowest BCUT2D eigenvalue weighted by Gasteiger charge is -2.05. The Morgan fingerprint density at radius 2 is 2.35 bits per heavy atom. The molecule has 0 fully saturated rings. The number of halogens is 1. The fourth-order valence-corrected chi connectivity index (χ4v) is 2.53. The quantitative estimate of drug-likeness (QED) is 0.879. The van der Waals surface area contributed by atoms with Crippen LogP contribution < -0.4 is 11.1 Å². The highest BCUT2D eigenvalue weighted by molar-refractivity contribution is 7.13. The number of anilines is 2. The van der Waals surface area contributed by atoms with E-state index in [4.69, 9.17) is 17.3 Å². The van der Waals surface area contributed by atoms with Gasteiger partial charge in [0.1, 0.15) is 4.88 Å². The van der Waals surface area contributed by atoms with E-state index in [1.54, 1.807) is 7.05 Å². The van der Waals surface area contributed by atoms with E-state index in [2.05, 4.69) is 10.4 Å². The van der Waals surface area contributed by atoms with Gasteiger partial charge in [-0.15, -0.1) is 11.3 Å². The topological polar surface area (TPSA) is 72.9 Å². The summed E-state index contributed by atoms with van der Waals surface area (Å²) >= 11 is 7.32. The van der Waals surface area contributed by atoms with Crippen molar-refractivity contribution in [2.45, 2.75) is 6.92 Å². The standard InChI is InChI=1S/C10H11ClN4OS/c1-5-4-17-8(7(5)11)10(16)14-9-6(12)3-13-15(9)2/h3-4H,12H2,1-2H3,(H,14,16). The number of carbonyl (C=O) groups excluding carboxylic acids is 1. The number of nitrogens with zero attached hydrogens (tertiary/aromatic N) is 2. The molecule has 0 radical (unpaired) electrons. The van der Waals surface area contributed by atoms with Crippen molar-refractivity contribution >= 4 is 40.4 Å². The van der Waals surface area contributed by atoms with E-state index >= 15 is 0 Å². The summed E-state index contributed by atoms with van der Waals surface area (Å²) in [6.45, 7) is 1.86. The van der Waals surface area contributed by atoms with Crippen LogP contribution in [0.3, 0.4) is 0 Å². The first-order chi connectivity index (χ1) is 8.00. The van der Waals surface area contributed by atoms with E-state index in [0.29, 0.717) is 21.4 Å². The minimum Gasteiger partial charge on any atom is -0.394 e. The van der Waals surface area contributed by atoms with E-state index in [1.807, 2.05) is 12.3 Å². The van der Waals surface area contributed by atoms with Gasteiger partial charge in [-0.1, -0.05) is 11.6 Å². The van der Waals surface area contributed by atoms with Crippen molar-refractivity contribution in [1.29, 1.82) is 0 Å². The van der Waals surface area contributed by atoms with Crippen molar-refractivity contribution in [3.8, 4) is 0 Å². The van der Waals surface area contributed by atoms with Crippen LogP contribution in [0.5, 0.6) is 0 Å². The number of aromatic nitrogens is 2. The van der Waals surface area contributed by atoms with Crippen LogP contribution in [0.1, 0.15) is 15.2 Å². The molecule has 0 spiro atoms. The highest BCUT2D eigenvalue weighted by Crippen LogP contribution is 2.28. The van der Waals surface area contributed by atoms with Crippen molar-refractivity contribution in [3.05, 3.63) is 27.0 Å². The molecule has 0 saturated heterocycles. The Hall–Kier alpha value is -1.53. The van der Waals surface area contributed by atoms with Gasteiger partial charge in [-0.2, -0.15) is 5.10 Å². The average Bonchev–Trinajstić information content (AvgIpc) is 2.77. The zero-order valence-corrected chi connectivity index (χ0v) is 10.9. The van der Waals surface area contributed by atoms with Gasteiger partial charge in [-0.25, -0.2) is 0 Å². The van der Waals surface area contributed by atoms with Gasteiger partial charge in [0.05, 0.1) is 16.9 Å². The molecule has 17 heavy (non-hydrogen) atoms. The molecule has 0 aliphatic heterocycles. The Kier molecular flexibility index (Phi) is 3.08. The molecule has 0 aromatic carbocycles. The van der Waals surface area contributed by atoms with Gasteiger partial charge < -0.3 is 11.1 Å². The molecule has 1 amide bonds. The number of hydrogen-bond donors (Lipinski definition) is 2. The van der Waals surface area contributed by atoms with Crippen LogP contribution in [-0.4, -0.2) is 15.7 Å². The van der Waals surface area contributed by atoms with Gasteiger partial charge in [0.25, 0.3) is 5.91 Å². The van der Waals surface area contributed by atoms with Crippen LogP contribution in [-0.2, 0) is 7.05 Å². The smallest absolute Gasteiger partial charge is 0.268 e. The van der Waals surface area contributed by atoms with Crippen LogP contribution in [0.15, 0.2) is 11.6 Å². The Bertz CT molecular complexity index is 555. The largest absolute Gasteiger partial charge is 0.394 e. The highest BCUT2D eigenvalue weighted by Gasteiger charge is 2.17. The SMILES string of the molecule is Cc1csc(C(=O)Nc2c(N)cnn2C)c1Cl. The predicted molar refractivity (Wildman–Crippen MR) is 69.6 cm³/mol. The maximum absolute atomic E-state index is 12.0. The molecule has 90 valence electrons. The van der Waals surface area contributed by atoms with Crippen LogP contribution in [0.25, 0.3) is 0 Å². The summed E-state index contributed by atoms with van der Waals surface area (Å²) in [4.78, 5) is 12.4. The summed E-state index contributed by atoms with van der Waals surface area (Å²) in [6, 6.07) is 0. The van der Waals surface area contributed by atoms with Crippen LogP contribution in [0.2, 0.25) is 5.02 Å². The van der Waals surface area contributed by atoms with Crippen molar-refractivity contribution in [1.82, 2.24) is 9.78 Å². The van der Waals surface area contributed by atoms with Crippen LogP contribution in [0, 0.1) is 6.92 Å². The van der Waals surface area contributed by atoms with Gasteiger partial charge in [0, 0.05) is 7.05 Å². The Morgan fingerprint density at radius 1 is 1.65 bits per heavy atom. The zero-order valence-electron chi connectivity index (χ0n) is 9.32. The molecule has 2 heterocycles. The third-order valence-electron chi connectivity index (χ3n) is 2.30. The summed E-state index contributed by atoms with van der Waals surface area (Å²) in [6.07, 6.45) is 1.48. The molecule has 5 nitrogen and oxygen atoms in total. The first kappa shape index (κ1) is 11.9. The molecule has 0 aliphatic carbocycles. The third kappa shape index (κ3) is 2.13. The molecule has 0 atom stereocenters. The minimum absolute atomic E-state index is 0.275. The third-order valence-corrected chi connectivity index (χ3v) is 4.00. The molecule has 3 N–H and O–H groups in total. The second-order valence-electron chi connectivity index (χ2n) is 3.59. The molecule has 0 bridgehead atoms. The van der Waals surface area contributed by atoms with E-state index in [-0.39, 0.29) is 5.91 Å². The summed E-state index contributed by atoms with van der Waals surface area (Å²) < 4.78 is 1.50. The van der Waals surface area contributed by atoms with E-state index in [1.165, 1.54) is 22.2 Å². The second kappa shape index (κ2) is 4.38. The summed E-state index contributed by atoms with van der Waals surface area (Å²) in [5, 5.41) is 8.95. The molecule has 7 heteroatoms. The number of thiophene rings is 1. The fraction of sp³-hybridized carbons (Fsp3) is 0.200. The number of nitrogens with one attached hydrogen (secondary N) is 1. The summed E-state index contributed by atoms with van der Waals surface area (Å²) in [5.74, 6) is 0.195. The van der Waals surface area contributed by atoms with E-state index < -0.39 is 0 Å². The summed E-state index contributed by atoms with van der Waals surface area (Å²) in [7, 11) is 1.70. The first-order valence-corrected chi connectivity index (χ1v) is 6.09. The number of nitrogen functional groups attached to an aromatic ring is 1. The maximum atomic E-state index is 12.0. The number of carbonyl (C=O) groups is 1. The molecule has 0 unspecified atom stereocenters. The molecule has 0 aliphatic rings. The lowest BCUT2D eigenvalue weighted by molar-refractivity contribution is 0.102. The number of rotatable bonds is 2. The molecular weight excluding hydrogens is 260 g/mol. The lowest BCUT2D eigenvalue weighted by atomic mass is 10.3. The van der Waals surface area contributed by atoms with Gasteiger partial charge >= 0.3 is 0 Å². The Labute approximate surface area is 107 Å². The highest BCUT2D eigenvalue weighted by atomic mass is 35.5. The number of nitrogens with two attached hydrogens (primary N) is 1. The minimum atomic E-state index is -0.275. The van der Waals surface area contributed by atoms with Crippen LogP contribution >= 0.6 is 22.9 Å². The normalized spacial score (nSPS) is 10.5. The second-order valence-corrected chi connectivity index (χ2v) is 4.85.